The Labute approximate surface area is 307 Å². The molecule has 0 saturated carbocycles. The standard InChI is InChI=1S/C36H41Cl4N5O4/c1-2-3-4-5-6-7-8-9-10-11-12-13-20-49-36(48)24-14-19-28(38)31(21-24)41-34-32(43-42-26-15-17-27(46)18-16-26)35(47)45(44-34)33-29(39)22-25(37)23-30(33)40/h14-19,21-23,32,46H,2-13,20H2,1H3,(H,41,44)/b43-42+. The largest absolute Gasteiger partial charge is 0.508 e. The summed E-state index contributed by atoms with van der Waals surface area (Å²) in [7, 11) is 0. The molecule has 1 unspecified atom stereocenters. The van der Waals surface area contributed by atoms with Crippen LogP contribution in [0.25, 0.3) is 0 Å². The second-order valence-electron chi connectivity index (χ2n) is 11.8. The number of unbranched alkanes of at least 4 members (excludes halogenated alkanes) is 11. The number of nitrogens with one attached hydrogen (secondary N) is 1. The van der Waals surface area contributed by atoms with Gasteiger partial charge in [-0.3, -0.25) is 4.79 Å². The van der Waals surface area contributed by atoms with Crippen LogP contribution >= 0.6 is 46.4 Å². The summed E-state index contributed by atoms with van der Waals surface area (Å²) in [6.45, 7) is 2.56. The first-order chi connectivity index (χ1) is 23.7. The quantitative estimate of drug-likeness (QED) is 0.0763. The van der Waals surface area contributed by atoms with E-state index in [0.29, 0.717) is 18.0 Å². The highest BCUT2D eigenvalue weighted by molar-refractivity contribution is 6.43. The molecule has 3 aromatic rings. The number of hydrogen-bond acceptors (Lipinski definition) is 8. The Kier molecular flexibility index (Phi) is 15.5. The van der Waals surface area contributed by atoms with Crippen LogP contribution in [0.2, 0.25) is 20.1 Å². The molecule has 0 radical (unpaired) electrons. The molecule has 0 aliphatic carbocycles. The number of halogens is 4. The summed E-state index contributed by atoms with van der Waals surface area (Å²) >= 11 is 25.4. The average Bonchev–Trinajstić information content (AvgIpc) is 3.36. The van der Waals surface area contributed by atoms with Gasteiger partial charge in [-0.2, -0.15) is 15.2 Å². The van der Waals surface area contributed by atoms with Crippen molar-refractivity contribution in [1.29, 1.82) is 0 Å². The van der Waals surface area contributed by atoms with Crippen molar-refractivity contribution >= 4 is 81.2 Å². The fourth-order valence-corrected chi connectivity index (χ4v) is 6.40. The van der Waals surface area contributed by atoms with Gasteiger partial charge in [0.05, 0.1) is 38.6 Å². The van der Waals surface area contributed by atoms with Crippen molar-refractivity contribution < 1.29 is 19.4 Å². The highest BCUT2D eigenvalue weighted by Crippen LogP contribution is 2.39. The van der Waals surface area contributed by atoms with E-state index in [1.165, 1.54) is 100 Å². The van der Waals surface area contributed by atoms with Crippen LogP contribution in [0.1, 0.15) is 94.3 Å². The molecule has 1 aliphatic heterocycles. The van der Waals surface area contributed by atoms with Crippen molar-refractivity contribution in [3.05, 3.63) is 80.3 Å². The predicted molar refractivity (Wildman–Crippen MR) is 199 cm³/mol. The molecule has 9 nitrogen and oxygen atoms in total. The third kappa shape index (κ3) is 11.6. The summed E-state index contributed by atoms with van der Waals surface area (Å²) < 4.78 is 5.54. The lowest BCUT2D eigenvalue weighted by atomic mass is 10.1. The first kappa shape index (κ1) is 38.4. The smallest absolute Gasteiger partial charge is 0.338 e. The Hall–Kier alpha value is -3.37. The molecule has 0 spiro atoms. The number of amides is 1. The third-order valence-electron chi connectivity index (χ3n) is 7.94. The highest BCUT2D eigenvalue weighted by Gasteiger charge is 2.39. The number of hydrogen-bond donors (Lipinski definition) is 2. The minimum absolute atomic E-state index is 0.0542. The first-order valence-corrected chi connectivity index (χ1v) is 18.2. The van der Waals surface area contributed by atoms with E-state index in [1.54, 1.807) is 12.1 Å². The zero-order chi connectivity index (χ0) is 35.2. The van der Waals surface area contributed by atoms with Gasteiger partial charge in [0.25, 0.3) is 5.91 Å². The Morgan fingerprint density at radius 1 is 0.837 bits per heavy atom. The van der Waals surface area contributed by atoms with Crippen LogP contribution in [-0.4, -0.2) is 35.5 Å². The molecule has 1 heterocycles. The summed E-state index contributed by atoms with van der Waals surface area (Å²) in [6.07, 6.45) is 14.6. The lowest BCUT2D eigenvalue weighted by Gasteiger charge is -2.15. The van der Waals surface area contributed by atoms with Crippen molar-refractivity contribution in [2.75, 3.05) is 16.9 Å². The van der Waals surface area contributed by atoms with Crippen molar-refractivity contribution in [3.63, 3.8) is 0 Å². The van der Waals surface area contributed by atoms with Crippen LogP contribution in [0.5, 0.6) is 5.75 Å². The molecule has 4 rings (SSSR count). The molecular weight excluding hydrogens is 708 g/mol. The molecule has 0 saturated heterocycles. The van der Waals surface area contributed by atoms with Gasteiger partial charge >= 0.3 is 5.97 Å². The van der Waals surface area contributed by atoms with Crippen molar-refractivity contribution in [1.82, 2.24) is 0 Å². The van der Waals surface area contributed by atoms with E-state index in [1.807, 2.05) is 0 Å². The zero-order valence-corrected chi connectivity index (χ0v) is 30.5. The number of hydrazone groups is 1. The van der Waals surface area contributed by atoms with Gasteiger partial charge in [-0.15, -0.1) is 5.10 Å². The number of benzene rings is 3. The van der Waals surface area contributed by atoms with E-state index in [-0.39, 0.29) is 42.9 Å². The minimum atomic E-state index is -1.26. The zero-order valence-electron chi connectivity index (χ0n) is 27.4. The molecule has 1 amide bonds. The number of phenolic OH excluding ortho intramolecular Hbond substituents is 1. The molecule has 3 aromatic carbocycles. The van der Waals surface area contributed by atoms with Crippen LogP contribution in [0.3, 0.4) is 0 Å². The molecule has 13 heteroatoms. The van der Waals surface area contributed by atoms with Gasteiger partial charge in [-0.1, -0.05) is 124 Å². The molecule has 0 aromatic heterocycles. The fourth-order valence-electron chi connectivity index (χ4n) is 5.26. The fraction of sp³-hybridized carbons (Fsp3) is 0.417. The number of phenols is 1. The van der Waals surface area contributed by atoms with Gasteiger partial charge in [0.1, 0.15) is 11.4 Å². The topological polar surface area (TPSA) is 116 Å². The Bertz CT molecular complexity index is 1610. The van der Waals surface area contributed by atoms with Crippen LogP contribution < -0.4 is 10.3 Å². The molecule has 0 bridgehead atoms. The van der Waals surface area contributed by atoms with Crippen molar-refractivity contribution in [2.24, 2.45) is 15.3 Å². The molecule has 1 aliphatic rings. The number of nitrogens with zero attached hydrogens (tertiary/aromatic N) is 4. The van der Waals surface area contributed by atoms with E-state index in [2.05, 4.69) is 27.6 Å². The van der Waals surface area contributed by atoms with Gasteiger partial charge < -0.3 is 15.2 Å². The van der Waals surface area contributed by atoms with Gasteiger partial charge in [0.2, 0.25) is 6.04 Å². The van der Waals surface area contributed by atoms with Gasteiger partial charge in [0.15, 0.2) is 5.84 Å². The summed E-state index contributed by atoms with van der Waals surface area (Å²) in [5.74, 6) is -0.985. The summed E-state index contributed by atoms with van der Waals surface area (Å²) in [5, 5.41) is 27.2. The lowest BCUT2D eigenvalue weighted by molar-refractivity contribution is -0.117. The maximum Gasteiger partial charge on any atom is 0.338 e. The van der Waals surface area contributed by atoms with Crippen LogP contribution in [0, 0.1) is 0 Å². The number of amidine groups is 1. The number of ether oxygens (including phenoxy) is 1. The number of carbonyl (C=O) groups is 2. The summed E-state index contributed by atoms with van der Waals surface area (Å²) in [6, 6.07) is 12.2. The normalized spacial score (nSPS) is 14.5. The maximum atomic E-state index is 13.7. The van der Waals surface area contributed by atoms with E-state index in [0.717, 1.165) is 24.3 Å². The molecule has 262 valence electrons. The molecule has 0 fully saturated rings. The third-order valence-corrected chi connectivity index (χ3v) is 9.06. The molecular formula is C36H41Cl4N5O4. The number of aromatic hydroxyl groups is 1. The number of esters is 1. The van der Waals surface area contributed by atoms with E-state index in [4.69, 9.17) is 51.1 Å². The Balaban J connectivity index is 1.38. The predicted octanol–water partition coefficient (Wildman–Crippen LogP) is 11.8. The Morgan fingerprint density at radius 3 is 2.04 bits per heavy atom. The highest BCUT2D eigenvalue weighted by atomic mass is 35.5. The minimum Gasteiger partial charge on any atom is -0.508 e. The van der Waals surface area contributed by atoms with Crippen molar-refractivity contribution in [2.45, 2.75) is 90.0 Å². The number of rotatable bonds is 18. The SMILES string of the molecule is CCCCCCCCCCCCCCOC(=O)c1ccc(Cl)c(NC2=NN(c3c(Cl)cc(Cl)cc3Cl)C(=O)C2/N=N/c2ccc(O)cc2)c1. The van der Waals surface area contributed by atoms with E-state index < -0.39 is 17.9 Å². The van der Waals surface area contributed by atoms with Gasteiger partial charge in [-0.25, -0.2) is 4.79 Å². The molecule has 49 heavy (non-hydrogen) atoms. The monoisotopic (exact) mass is 747 g/mol. The summed E-state index contributed by atoms with van der Waals surface area (Å²) in [4.78, 5) is 26.6. The van der Waals surface area contributed by atoms with E-state index >= 15 is 0 Å². The first-order valence-electron chi connectivity index (χ1n) is 16.7. The van der Waals surface area contributed by atoms with Crippen molar-refractivity contribution in [3.8, 4) is 5.75 Å². The van der Waals surface area contributed by atoms with Gasteiger partial charge in [-0.05, 0) is 61.0 Å². The summed E-state index contributed by atoms with van der Waals surface area (Å²) in [5.41, 5.74) is 1.08. The maximum absolute atomic E-state index is 13.7. The Morgan fingerprint density at radius 2 is 1.43 bits per heavy atom. The number of azo groups is 1. The lowest BCUT2D eigenvalue weighted by Crippen LogP contribution is -2.33. The molecule has 2 N–H and O–H groups in total. The molecule has 1 atom stereocenters. The van der Waals surface area contributed by atoms with Crippen LogP contribution in [0.4, 0.5) is 17.1 Å². The van der Waals surface area contributed by atoms with Gasteiger partial charge in [0, 0.05) is 5.02 Å². The second kappa shape index (κ2) is 19.7. The number of anilines is 2. The van der Waals surface area contributed by atoms with E-state index in [9.17, 15) is 14.7 Å². The second-order valence-corrected chi connectivity index (χ2v) is 13.5. The van der Waals surface area contributed by atoms with Crippen LogP contribution in [-0.2, 0) is 9.53 Å². The number of carbonyl (C=O) groups excluding carboxylic acids is 2. The average molecular weight is 750 g/mol. The van der Waals surface area contributed by atoms with Crippen LogP contribution in [0.15, 0.2) is 69.9 Å².